The fourth-order valence-electron chi connectivity index (χ4n) is 1.38. The number of aryl methyl sites for hydroxylation is 2. The lowest BCUT2D eigenvalue weighted by molar-refractivity contribution is 0.902. The summed E-state index contributed by atoms with van der Waals surface area (Å²) >= 11 is 5.64. The normalized spacial score (nSPS) is 10.3. The van der Waals surface area contributed by atoms with Crippen molar-refractivity contribution in [2.75, 3.05) is 0 Å². The van der Waals surface area contributed by atoms with E-state index in [4.69, 9.17) is 11.6 Å². The van der Waals surface area contributed by atoms with Crippen LogP contribution in [0.15, 0.2) is 0 Å². The molecular weight excluding hydrogens is 172 g/mol. The van der Waals surface area contributed by atoms with Crippen LogP contribution in [-0.2, 0) is 12.3 Å². The number of nitrogens with zero attached hydrogens (tertiary/aromatic N) is 2. The van der Waals surface area contributed by atoms with Gasteiger partial charge in [0.25, 0.3) is 0 Å². The van der Waals surface area contributed by atoms with Gasteiger partial charge in [0, 0.05) is 11.4 Å². The molecule has 0 bridgehead atoms. The monoisotopic (exact) mass is 184 g/mol. The van der Waals surface area contributed by atoms with Crippen LogP contribution in [-0.4, -0.2) is 9.97 Å². The van der Waals surface area contributed by atoms with Gasteiger partial charge < -0.3 is 0 Å². The molecule has 1 aromatic rings. The molecule has 2 nitrogen and oxygen atoms in total. The zero-order valence-electron chi connectivity index (χ0n) is 7.69. The summed E-state index contributed by atoms with van der Waals surface area (Å²) in [5.74, 6) is 1.12. The van der Waals surface area contributed by atoms with Gasteiger partial charge in [-0.1, -0.05) is 6.92 Å². The minimum Gasteiger partial charge on any atom is -0.237 e. The largest absolute Gasteiger partial charge is 0.237 e. The first-order valence-corrected chi connectivity index (χ1v) is 4.61. The average molecular weight is 185 g/mol. The van der Waals surface area contributed by atoms with Gasteiger partial charge in [-0.05, 0) is 25.8 Å². The molecule has 0 amide bonds. The van der Waals surface area contributed by atoms with E-state index in [1.165, 1.54) is 5.56 Å². The molecule has 0 saturated heterocycles. The molecule has 1 heterocycles. The number of halogens is 1. The molecule has 0 spiro atoms. The van der Waals surface area contributed by atoms with Gasteiger partial charge in [0.15, 0.2) is 0 Å². The van der Waals surface area contributed by atoms with Crippen molar-refractivity contribution in [2.45, 2.75) is 33.1 Å². The smallest absolute Gasteiger partial charge is 0.143 e. The fourth-order valence-corrected chi connectivity index (χ4v) is 1.50. The van der Waals surface area contributed by atoms with Crippen molar-refractivity contribution < 1.29 is 0 Å². The van der Waals surface area contributed by atoms with Crippen LogP contribution in [0.1, 0.15) is 29.7 Å². The number of hydrogen-bond donors (Lipinski definition) is 0. The molecule has 12 heavy (non-hydrogen) atoms. The summed E-state index contributed by atoms with van der Waals surface area (Å²) in [4.78, 5) is 8.56. The van der Waals surface area contributed by atoms with Gasteiger partial charge in [0.1, 0.15) is 5.82 Å². The molecular formula is C9H13ClN2. The van der Waals surface area contributed by atoms with E-state index in [1.807, 2.05) is 13.8 Å². The average Bonchev–Trinajstić information content (AvgIpc) is 2.03. The summed E-state index contributed by atoms with van der Waals surface area (Å²) in [5.41, 5.74) is 3.35. The summed E-state index contributed by atoms with van der Waals surface area (Å²) < 4.78 is 0. The van der Waals surface area contributed by atoms with Crippen molar-refractivity contribution in [2.24, 2.45) is 0 Å². The van der Waals surface area contributed by atoms with Crippen LogP contribution >= 0.6 is 11.6 Å². The van der Waals surface area contributed by atoms with Gasteiger partial charge >= 0.3 is 0 Å². The maximum atomic E-state index is 5.64. The van der Waals surface area contributed by atoms with Crippen LogP contribution < -0.4 is 0 Å². The Morgan fingerprint density at radius 3 is 2.00 bits per heavy atom. The van der Waals surface area contributed by atoms with Crippen LogP contribution in [0, 0.1) is 13.8 Å². The molecule has 0 aromatic carbocycles. The van der Waals surface area contributed by atoms with E-state index in [9.17, 15) is 0 Å². The van der Waals surface area contributed by atoms with Crippen molar-refractivity contribution in [1.82, 2.24) is 9.97 Å². The highest BCUT2D eigenvalue weighted by Crippen LogP contribution is 2.11. The lowest BCUT2D eigenvalue weighted by atomic mass is 10.1. The van der Waals surface area contributed by atoms with Gasteiger partial charge in [0.2, 0.25) is 0 Å². The number of hydrogen-bond acceptors (Lipinski definition) is 2. The first kappa shape index (κ1) is 9.46. The Labute approximate surface area is 78.0 Å². The van der Waals surface area contributed by atoms with Gasteiger partial charge in [-0.25, -0.2) is 9.97 Å². The van der Waals surface area contributed by atoms with Crippen molar-refractivity contribution in [1.29, 1.82) is 0 Å². The predicted octanol–water partition coefficient (Wildman–Crippen LogP) is 2.39. The summed E-state index contributed by atoms with van der Waals surface area (Å²) in [7, 11) is 0. The van der Waals surface area contributed by atoms with E-state index >= 15 is 0 Å². The quantitative estimate of drug-likeness (QED) is 0.660. The molecule has 0 atom stereocenters. The summed E-state index contributed by atoms with van der Waals surface area (Å²) in [5, 5.41) is 0. The second kappa shape index (κ2) is 3.85. The molecule has 66 valence electrons. The van der Waals surface area contributed by atoms with Crippen LogP contribution in [0.25, 0.3) is 0 Å². The molecule has 0 fully saturated rings. The second-order valence-corrected chi connectivity index (χ2v) is 3.04. The molecule has 0 N–H and O–H groups in total. The number of aromatic nitrogens is 2. The fraction of sp³-hybridized carbons (Fsp3) is 0.556. The van der Waals surface area contributed by atoms with Gasteiger partial charge in [-0.3, -0.25) is 0 Å². The van der Waals surface area contributed by atoms with E-state index in [-0.39, 0.29) is 0 Å². The van der Waals surface area contributed by atoms with Crippen molar-refractivity contribution in [3.63, 3.8) is 0 Å². The Balaban J connectivity index is 3.18. The molecule has 1 aromatic heterocycles. The Morgan fingerprint density at radius 1 is 1.17 bits per heavy atom. The van der Waals surface area contributed by atoms with E-state index in [2.05, 4.69) is 16.9 Å². The third-order valence-corrected chi connectivity index (χ3v) is 2.18. The molecule has 0 radical (unpaired) electrons. The summed E-state index contributed by atoms with van der Waals surface area (Å²) in [6.45, 7) is 6.12. The third-order valence-electron chi connectivity index (χ3n) is 1.94. The molecule has 1 rings (SSSR count). The van der Waals surface area contributed by atoms with Crippen LogP contribution in [0.3, 0.4) is 0 Å². The standard InChI is InChI=1S/C9H13ClN2/c1-4-8-6(2)11-9(5-10)12-7(8)3/h4-5H2,1-3H3. The Kier molecular flexibility index (Phi) is 3.04. The van der Waals surface area contributed by atoms with Crippen molar-refractivity contribution in [3.8, 4) is 0 Å². The number of alkyl halides is 1. The lowest BCUT2D eigenvalue weighted by Crippen LogP contribution is -2.02. The van der Waals surface area contributed by atoms with Crippen molar-refractivity contribution >= 4 is 11.6 Å². The van der Waals surface area contributed by atoms with Crippen molar-refractivity contribution in [3.05, 3.63) is 22.8 Å². The minimum atomic E-state index is 0.395. The summed E-state index contributed by atoms with van der Waals surface area (Å²) in [6.07, 6.45) is 0.986. The first-order chi connectivity index (χ1) is 5.69. The van der Waals surface area contributed by atoms with E-state index in [0.717, 1.165) is 23.6 Å². The number of rotatable bonds is 2. The van der Waals surface area contributed by atoms with E-state index in [1.54, 1.807) is 0 Å². The van der Waals surface area contributed by atoms with E-state index in [0.29, 0.717) is 5.88 Å². The predicted molar refractivity (Wildman–Crippen MR) is 50.4 cm³/mol. The third kappa shape index (κ3) is 1.75. The first-order valence-electron chi connectivity index (χ1n) is 4.08. The Morgan fingerprint density at radius 2 is 1.67 bits per heavy atom. The van der Waals surface area contributed by atoms with E-state index < -0.39 is 0 Å². The SMILES string of the molecule is CCc1c(C)nc(CCl)nc1C. The second-order valence-electron chi connectivity index (χ2n) is 2.78. The Hall–Kier alpha value is -0.630. The topological polar surface area (TPSA) is 25.8 Å². The van der Waals surface area contributed by atoms with Crippen LogP contribution in [0.4, 0.5) is 0 Å². The van der Waals surface area contributed by atoms with Gasteiger partial charge in [0.05, 0.1) is 5.88 Å². The van der Waals surface area contributed by atoms with Crippen LogP contribution in [0.5, 0.6) is 0 Å². The minimum absolute atomic E-state index is 0.395. The highest BCUT2D eigenvalue weighted by Gasteiger charge is 2.04. The molecule has 3 heteroatoms. The molecule has 0 saturated carbocycles. The zero-order chi connectivity index (χ0) is 9.14. The Bertz CT molecular complexity index is 261. The maximum absolute atomic E-state index is 5.64. The van der Waals surface area contributed by atoms with Gasteiger partial charge in [-0.2, -0.15) is 0 Å². The highest BCUT2D eigenvalue weighted by molar-refractivity contribution is 6.16. The molecule has 0 unspecified atom stereocenters. The molecule has 0 aliphatic carbocycles. The zero-order valence-corrected chi connectivity index (χ0v) is 8.44. The highest BCUT2D eigenvalue weighted by atomic mass is 35.5. The summed E-state index contributed by atoms with van der Waals surface area (Å²) in [6, 6.07) is 0. The lowest BCUT2D eigenvalue weighted by Gasteiger charge is -2.06. The van der Waals surface area contributed by atoms with Gasteiger partial charge in [-0.15, -0.1) is 11.6 Å². The molecule has 0 aliphatic rings. The van der Waals surface area contributed by atoms with Crippen LogP contribution in [0.2, 0.25) is 0 Å². The maximum Gasteiger partial charge on any atom is 0.143 e. The molecule has 0 aliphatic heterocycles.